The van der Waals surface area contributed by atoms with Crippen molar-refractivity contribution in [2.75, 3.05) is 31.0 Å². The average molecular weight is 236 g/mol. The van der Waals surface area contributed by atoms with Crippen molar-refractivity contribution in [1.29, 1.82) is 0 Å². The molecule has 1 rings (SSSR count). The Morgan fingerprint density at radius 3 is 3.00 bits per heavy atom. The fourth-order valence-corrected chi connectivity index (χ4v) is 2.89. The Balaban J connectivity index is 2.22. The highest BCUT2D eigenvalue weighted by atomic mass is 35.5. The van der Waals surface area contributed by atoms with Gasteiger partial charge in [-0.25, -0.2) is 0 Å². The van der Waals surface area contributed by atoms with Crippen LogP contribution < -0.4 is 0 Å². The second kappa shape index (κ2) is 7.84. The number of likely N-dealkylation sites (tertiary alicyclic amines) is 1. The number of hydrogen-bond acceptors (Lipinski definition) is 2. The molecular weight excluding hydrogens is 214 g/mol. The largest absolute Gasteiger partial charge is 0.300 e. The zero-order valence-corrected chi connectivity index (χ0v) is 10.7. The van der Waals surface area contributed by atoms with Crippen LogP contribution in [0.15, 0.2) is 0 Å². The molecule has 84 valence electrons. The molecule has 0 aliphatic carbocycles. The highest BCUT2D eigenvalue weighted by Gasteiger charge is 2.20. The second-order valence-electron chi connectivity index (χ2n) is 4.01. The molecule has 1 heterocycles. The van der Waals surface area contributed by atoms with E-state index in [0.29, 0.717) is 0 Å². The lowest BCUT2D eigenvalue weighted by atomic mass is 10.00. The first-order valence-corrected chi connectivity index (χ1v) is 7.60. The van der Waals surface area contributed by atoms with Gasteiger partial charge in [-0.05, 0) is 50.8 Å². The van der Waals surface area contributed by atoms with Crippen LogP contribution in [0.25, 0.3) is 0 Å². The minimum Gasteiger partial charge on any atom is -0.300 e. The molecule has 1 aliphatic heterocycles. The molecule has 1 unspecified atom stereocenters. The fourth-order valence-electron chi connectivity index (χ4n) is 2.22. The van der Waals surface area contributed by atoms with Crippen LogP contribution >= 0.6 is 23.4 Å². The van der Waals surface area contributed by atoms with Gasteiger partial charge in [-0.3, -0.25) is 0 Å². The van der Waals surface area contributed by atoms with E-state index in [4.69, 9.17) is 11.6 Å². The summed E-state index contributed by atoms with van der Waals surface area (Å²) in [5.41, 5.74) is 0. The standard InChI is InChI=1S/C11H22ClNS/c1-14-10-4-9-13-8-3-2-5-11(13)6-7-12/h11H,2-10H2,1H3. The van der Waals surface area contributed by atoms with Crippen molar-refractivity contribution in [3.05, 3.63) is 0 Å². The van der Waals surface area contributed by atoms with E-state index in [1.807, 2.05) is 11.8 Å². The molecule has 1 nitrogen and oxygen atoms in total. The van der Waals surface area contributed by atoms with Crippen molar-refractivity contribution in [2.45, 2.75) is 38.1 Å². The fraction of sp³-hybridized carbons (Fsp3) is 1.00. The Kier molecular flexibility index (Phi) is 7.09. The van der Waals surface area contributed by atoms with Gasteiger partial charge in [0.1, 0.15) is 0 Å². The van der Waals surface area contributed by atoms with E-state index >= 15 is 0 Å². The van der Waals surface area contributed by atoms with Gasteiger partial charge < -0.3 is 4.90 Å². The van der Waals surface area contributed by atoms with Crippen molar-refractivity contribution in [3.63, 3.8) is 0 Å². The SMILES string of the molecule is CSCCCN1CCCCC1CCCl. The monoisotopic (exact) mass is 235 g/mol. The van der Waals surface area contributed by atoms with Crippen LogP contribution in [0.4, 0.5) is 0 Å². The molecule has 1 atom stereocenters. The smallest absolute Gasteiger partial charge is 0.0238 e. The normalized spacial score (nSPS) is 24.0. The summed E-state index contributed by atoms with van der Waals surface area (Å²) >= 11 is 7.78. The molecule has 14 heavy (non-hydrogen) atoms. The third kappa shape index (κ3) is 4.41. The molecule has 0 saturated carbocycles. The first-order valence-electron chi connectivity index (χ1n) is 5.67. The highest BCUT2D eigenvalue weighted by molar-refractivity contribution is 7.98. The number of nitrogens with zero attached hydrogens (tertiary/aromatic N) is 1. The van der Waals surface area contributed by atoms with Crippen LogP contribution in [0.2, 0.25) is 0 Å². The maximum Gasteiger partial charge on any atom is 0.0238 e. The van der Waals surface area contributed by atoms with E-state index in [-0.39, 0.29) is 0 Å². The summed E-state index contributed by atoms with van der Waals surface area (Å²) in [4.78, 5) is 2.65. The van der Waals surface area contributed by atoms with Crippen LogP contribution in [0.1, 0.15) is 32.1 Å². The van der Waals surface area contributed by atoms with Crippen molar-refractivity contribution >= 4 is 23.4 Å². The molecule has 1 aliphatic rings. The Hall–Kier alpha value is 0.600. The third-order valence-corrected chi connectivity index (χ3v) is 3.90. The lowest BCUT2D eigenvalue weighted by Gasteiger charge is -2.35. The number of piperidine rings is 1. The van der Waals surface area contributed by atoms with Crippen molar-refractivity contribution < 1.29 is 0 Å². The molecule has 0 radical (unpaired) electrons. The molecule has 0 spiro atoms. The van der Waals surface area contributed by atoms with Gasteiger partial charge in [-0.1, -0.05) is 6.42 Å². The van der Waals surface area contributed by atoms with Gasteiger partial charge in [0.05, 0.1) is 0 Å². The number of rotatable bonds is 6. The summed E-state index contributed by atoms with van der Waals surface area (Å²) in [7, 11) is 0. The van der Waals surface area contributed by atoms with E-state index in [2.05, 4.69) is 11.2 Å². The van der Waals surface area contributed by atoms with E-state index in [1.54, 1.807) is 0 Å². The summed E-state index contributed by atoms with van der Waals surface area (Å²) in [6.07, 6.45) is 8.86. The summed E-state index contributed by atoms with van der Waals surface area (Å²) in [5.74, 6) is 2.12. The van der Waals surface area contributed by atoms with E-state index in [1.165, 1.54) is 50.9 Å². The summed E-state index contributed by atoms with van der Waals surface area (Å²) in [6.45, 7) is 2.58. The number of alkyl halides is 1. The van der Waals surface area contributed by atoms with Gasteiger partial charge in [0, 0.05) is 11.9 Å². The summed E-state index contributed by atoms with van der Waals surface area (Å²) in [5, 5.41) is 0. The van der Waals surface area contributed by atoms with E-state index in [9.17, 15) is 0 Å². The lowest BCUT2D eigenvalue weighted by Crippen LogP contribution is -2.40. The first kappa shape index (κ1) is 12.7. The van der Waals surface area contributed by atoms with E-state index < -0.39 is 0 Å². The molecule has 1 saturated heterocycles. The summed E-state index contributed by atoms with van der Waals surface area (Å²) < 4.78 is 0. The molecular formula is C11H22ClNS. The van der Waals surface area contributed by atoms with Gasteiger partial charge in [0.2, 0.25) is 0 Å². The van der Waals surface area contributed by atoms with Crippen LogP contribution in [-0.2, 0) is 0 Å². The first-order chi connectivity index (χ1) is 6.88. The predicted octanol–water partition coefficient (Wildman–Crippen LogP) is 3.22. The van der Waals surface area contributed by atoms with E-state index in [0.717, 1.165) is 11.9 Å². The predicted molar refractivity (Wildman–Crippen MR) is 67.5 cm³/mol. The Morgan fingerprint density at radius 2 is 2.29 bits per heavy atom. The molecule has 0 aromatic carbocycles. The van der Waals surface area contributed by atoms with Gasteiger partial charge in [0.25, 0.3) is 0 Å². The van der Waals surface area contributed by atoms with Crippen molar-refractivity contribution in [3.8, 4) is 0 Å². The zero-order chi connectivity index (χ0) is 10.2. The molecule has 0 bridgehead atoms. The lowest BCUT2D eigenvalue weighted by molar-refractivity contribution is 0.145. The van der Waals surface area contributed by atoms with Gasteiger partial charge in [0.15, 0.2) is 0 Å². The van der Waals surface area contributed by atoms with Crippen LogP contribution in [-0.4, -0.2) is 41.9 Å². The van der Waals surface area contributed by atoms with Crippen LogP contribution in [0, 0.1) is 0 Å². The third-order valence-electron chi connectivity index (χ3n) is 2.99. The molecule has 0 aromatic heterocycles. The van der Waals surface area contributed by atoms with Crippen LogP contribution in [0.5, 0.6) is 0 Å². The molecule has 0 amide bonds. The minimum absolute atomic E-state index is 0.781. The van der Waals surface area contributed by atoms with Gasteiger partial charge >= 0.3 is 0 Å². The van der Waals surface area contributed by atoms with Gasteiger partial charge in [-0.2, -0.15) is 11.8 Å². The van der Waals surface area contributed by atoms with Crippen molar-refractivity contribution in [1.82, 2.24) is 4.90 Å². The number of halogens is 1. The average Bonchev–Trinajstić information content (AvgIpc) is 2.21. The minimum atomic E-state index is 0.781. The quantitative estimate of drug-likeness (QED) is 0.514. The molecule has 0 aromatic rings. The Bertz CT molecular complexity index is 141. The maximum atomic E-state index is 5.83. The molecule has 1 fully saturated rings. The highest BCUT2D eigenvalue weighted by Crippen LogP contribution is 2.20. The number of hydrogen-bond donors (Lipinski definition) is 0. The van der Waals surface area contributed by atoms with Gasteiger partial charge in [-0.15, -0.1) is 11.6 Å². The maximum absolute atomic E-state index is 5.83. The topological polar surface area (TPSA) is 3.24 Å². The second-order valence-corrected chi connectivity index (χ2v) is 5.37. The Labute approximate surface area is 97.6 Å². The Morgan fingerprint density at radius 1 is 1.43 bits per heavy atom. The summed E-state index contributed by atoms with van der Waals surface area (Å²) in [6, 6.07) is 0.781. The van der Waals surface area contributed by atoms with Crippen LogP contribution in [0.3, 0.4) is 0 Å². The zero-order valence-electron chi connectivity index (χ0n) is 9.17. The van der Waals surface area contributed by atoms with Crippen molar-refractivity contribution in [2.24, 2.45) is 0 Å². The molecule has 3 heteroatoms. The molecule has 0 N–H and O–H groups in total. The number of thioether (sulfide) groups is 1.